The SMILES string of the molecule is C#CC(F)(Cl)Oc1ccccc1. The van der Waals surface area contributed by atoms with Gasteiger partial charge in [0.15, 0.2) is 0 Å². The fourth-order valence-electron chi connectivity index (χ4n) is 0.666. The molecule has 0 aromatic heterocycles. The number of hydrogen-bond donors (Lipinski definition) is 0. The molecule has 1 rings (SSSR count). The average molecular weight is 185 g/mol. The monoisotopic (exact) mass is 184 g/mol. The Morgan fingerprint density at radius 3 is 2.50 bits per heavy atom. The van der Waals surface area contributed by atoms with Crippen LogP contribution < -0.4 is 4.74 Å². The lowest BCUT2D eigenvalue weighted by Gasteiger charge is -2.12. The van der Waals surface area contributed by atoms with Gasteiger partial charge < -0.3 is 4.74 Å². The van der Waals surface area contributed by atoms with Gasteiger partial charge in [0.25, 0.3) is 0 Å². The van der Waals surface area contributed by atoms with Crippen molar-refractivity contribution >= 4 is 11.6 Å². The van der Waals surface area contributed by atoms with Crippen molar-refractivity contribution < 1.29 is 9.13 Å². The third-order valence-corrected chi connectivity index (χ3v) is 1.34. The second-order valence-corrected chi connectivity index (χ2v) is 2.56. The summed E-state index contributed by atoms with van der Waals surface area (Å²) in [6, 6.07) is 8.29. The molecule has 0 aliphatic carbocycles. The molecule has 12 heavy (non-hydrogen) atoms. The number of hydrogen-bond acceptors (Lipinski definition) is 1. The normalized spacial score (nSPS) is 14.4. The highest BCUT2D eigenvalue weighted by Gasteiger charge is 2.24. The Bertz CT molecular complexity index is 289. The topological polar surface area (TPSA) is 9.23 Å². The van der Waals surface area contributed by atoms with Gasteiger partial charge >= 0.3 is 5.31 Å². The van der Waals surface area contributed by atoms with E-state index in [1.54, 1.807) is 36.3 Å². The molecule has 1 unspecified atom stereocenters. The zero-order valence-corrected chi connectivity index (χ0v) is 6.88. The Labute approximate surface area is 75.1 Å². The van der Waals surface area contributed by atoms with E-state index < -0.39 is 5.31 Å². The summed E-state index contributed by atoms with van der Waals surface area (Å²) in [5.74, 6) is 1.97. The minimum atomic E-state index is -2.55. The summed E-state index contributed by atoms with van der Waals surface area (Å²) >= 11 is 5.13. The van der Waals surface area contributed by atoms with Crippen molar-refractivity contribution in [3.05, 3.63) is 30.3 Å². The van der Waals surface area contributed by atoms with E-state index in [1.165, 1.54) is 0 Å². The first kappa shape index (κ1) is 8.89. The molecule has 0 radical (unpaired) electrons. The highest BCUT2D eigenvalue weighted by atomic mass is 35.5. The van der Waals surface area contributed by atoms with Crippen LogP contribution in [0.15, 0.2) is 30.3 Å². The maximum absolute atomic E-state index is 12.8. The van der Waals surface area contributed by atoms with Crippen LogP contribution in [0.1, 0.15) is 0 Å². The van der Waals surface area contributed by atoms with E-state index >= 15 is 0 Å². The standard InChI is InChI=1S/C9H6ClFO/c1-2-9(10,11)12-8-6-4-3-5-7-8/h1,3-7H. The Kier molecular flexibility index (Phi) is 2.57. The summed E-state index contributed by atoms with van der Waals surface area (Å²) in [6.45, 7) is 0. The predicted octanol–water partition coefficient (Wildman–Crippen LogP) is 2.56. The third-order valence-electron chi connectivity index (χ3n) is 1.16. The van der Waals surface area contributed by atoms with Crippen molar-refractivity contribution in [1.29, 1.82) is 0 Å². The van der Waals surface area contributed by atoms with Crippen LogP contribution in [0.5, 0.6) is 5.75 Å². The van der Waals surface area contributed by atoms with E-state index in [4.69, 9.17) is 18.0 Å². The number of ether oxygens (including phenoxy) is 1. The van der Waals surface area contributed by atoms with Gasteiger partial charge in [0.05, 0.1) is 0 Å². The summed E-state index contributed by atoms with van der Waals surface area (Å²) in [5, 5.41) is -2.55. The van der Waals surface area contributed by atoms with Crippen molar-refractivity contribution in [2.75, 3.05) is 0 Å². The van der Waals surface area contributed by atoms with Crippen LogP contribution in [0.4, 0.5) is 4.39 Å². The van der Waals surface area contributed by atoms with E-state index in [0.717, 1.165) is 0 Å². The molecule has 0 saturated carbocycles. The van der Waals surface area contributed by atoms with Gasteiger partial charge in [-0.2, -0.15) is 4.39 Å². The molecular formula is C9H6ClFO. The highest BCUT2D eigenvalue weighted by Crippen LogP contribution is 2.22. The number of terminal acetylenes is 1. The molecule has 0 amide bonds. The molecule has 0 fully saturated rings. The zero-order chi connectivity index (χ0) is 9.03. The van der Waals surface area contributed by atoms with Crippen LogP contribution in [-0.4, -0.2) is 5.31 Å². The Morgan fingerprint density at radius 1 is 1.42 bits per heavy atom. The summed E-state index contributed by atoms with van der Waals surface area (Å²) in [4.78, 5) is 0. The highest BCUT2D eigenvalue weighted by molar-refractivity contribution is 6.23. The van der Waals surface area contributed by atoms with E-state index in [2.05, 4.69) is 4.74 Å². The molecule has 0 bridgehead atoms. The van der Waals surface area contributed by atoms with Gasteiger partial charge in [-0.1, -0.05) is 18.2 Å². The number of para-hydroxylation sites is 1. The fraction of sp³-hybridized carbons (Fsp3) is 0.111. The Balaban J connectivity index is 2.72. The van der Waals surface area contributed by atoms with Crippen molar-refractivity contribution in [1.82, 2.24) is 0 Å². The van der Waals surface area contributed by atoms with Crippen LogP contribution in [0.25, 0.3) is 0 Å². The summed E-state index contributed by atoms with van der Waals surface area (Å²) in [5.41, 5.74) is 0. The van der Waals surface area contributed by atoms with Gasteiger partial charge in [-0.25, -0.2) is 0 Å². The minimum Gasteiger partial charge on any atom is -0.436 e. The molecular weight excluding hydrogens is 179 g/mol. The first-order chi connectivity index (χ1) is 5.64. The van der Waals surface area contributed by atoms with Crippen molar-refractivity contribution in [2.24, 2.45) is 0 Å². The number of benzene rings is 1. The van der Waals surface area contributed by atoms with Gasteiger partial charge in [-0.05, 0) is 29.7 Å². The average Bonchev–Trinajstić information content (AvgIpc) is 2.06. The second kappa shape index (κ2) is 3.46. The fourth-order valence-corrected chi connectivity index (χ4v) is 0.755. The van der Waals surface area contributed by atoms with Crippen LogP contribution in [0.2, 0.25) is 0 Å². The third kappa shape index (κ3) is 2.44. The maximum atomic E-state index is 12.8. The molecule has 3 heteroatoms. The van der Waals surface area contributed by atoms with E-state index in [-0.39, 0.29) is 0 Å². The zero-order valence-electron chi connectivity index (χ0n) is 6.13. The molecule has 0 spiro atoms. The van der Waals surface area contributed by atoms with E-state index in [9.17, 15) is 4.39 Å². The maximum Gasteiger partial charge on any atom is 0.393 e. The first-order valence-electron chi connectivity index (χ1n) is 3.24. The molecule has 1 nitrogen and oxygen atoms in total. The molecule has 0 aliphatic heterocycles. The van der Waals surface area contributed by atoms with Gasteiger partial charge in [0, 0.05) is 0 Å². The number of rotatable bonds is 2. The quantitative estimate of drug-likeness (QED) is 0.507. The molecule has 0 aliphatic rings. The van der Waals surface area contributed by atoms with Crippen molar-refractivity contribution in [3.8, 4) is 18.1 Å². The lowest BCUT2D eigenvalue weighted by Crippen LogP contribution is -2.19. The van der Waals surface area contributed by atoms with Gasteiger partial charge in [0.1, 0.15) is 5.75 Å². The lowest BCUT2D eigenvalue weighted by molar-refractivity contribution is 0.0784. The van der Waals surface area contributed by atoms with Crippen LogP contribution in [-0.2, 0) is 0 Å². The smallest absolute Gasteiger partial charge is 0.393 e. The van der Waals surface area contributed by atoms with Gasteiger partial charge in [-0.15, -0.1) is 6.42 Å². The molecule has 1 aromatic carbocycles. The predicted molar refractivity (Wildman–Crippen MR) is 45.6 cm³/mol. The van der Waals surface area contributed by atoms with Crippen molar-refractivity contribution in [2.45, 2.75) is 5.31 Å². The van der Waals surface area contributed by atoms with Crippen LogP contribution >= 0.6 is 11.6 Å². The molecule has 0 saturated heterocycles. The van der Waals surface area contributed by atoms with Gasteiger partial charge in [-0.3, -0.25) is 0 Å². The van der Waals surface area contributed by atoms with Crippen LogP contribution in [0, 0.1) is 12.3 Å². The van der Waals surface area contributed by atoms with Gasteiger partial charge in [0.2, 0.25) is 0 Å². The van der Waals surface area contributed by atoms with E-state index in [1.807, 2.05) is 0 Å². The summed E-state index contributed by atoms with van der Waals surface area (Å²) in [6.07, 6.45) is 4.77. The lowest BCUT2D eigenvalue weighted by atomic mass is 10.3. The Morgan fingerprint density at radius 2 is 2.00 bits per heavy atom. The minimum absolute atomic E-state index is 0.299. The molecule has 0 heterocycles. The van der Waals surface area contributed by atoms with Crippen LogP contribution in [0.3, 0.4) is 0 Å². The van der Waals surface area contributed by atoms with E-state index in [0.29, 0.717) is 5.75 Å². The number of alkyl halides is 2. The largest absolute Gasteiger partial charge is 0.436 e. The molecule has 1 aromatic rings. The molecule has 0 N–H and O–H groups in total. The summed E-state index contributed by atoms with van der Waals surface area (Å²) in [7, 11) is 0. The molecule has 1 atom stereocenters. The number of halogens is 2. The van der Waals surface area contributed by atoms with Crippen molar-refractivity contribution in [3.63, 3.8) is 0 Å². The first-order valence-corrected chi connectivity index (χ1v) is 3.61. The molecule has 62 valence electrons. The Hall–Kier alpha value is -1.20. The summed E-state index contributed by atoms with van der Waals surface area (Å²) < 4.78 is 17.4. The second-order valence-electron chi connectivity index (χ2n) is 2.08.